The Labute approximate surface area is 130 Å². The van der Waals surface area contributed by atoms with Crippen LogP contribution in [0.4, 0.5) is 4.39 Å². The molecule has 0 radical (unpaired) electrons. The highest BCUT2D eigenvalue weighted by Gasteiger charge is 2.00. The van der Waals surface area contributed by atoms with E-state index in [1.165, 1.54) is 16.5 Å². The van der Waals surface area contributed by atoms with Gasteiger partial charge in [0.2, 0.25) is 0 Å². The summed E-state index contributed by atoms with van der Waals surface area (Å²) < 4.78 is 13.4. The summed E-state index contributed by atoms with van der Waals surface area (Å²) in [6.07, 6.45) is 2.79. The molecule has 108 valence electrons. The van der Waals surface area contributed by atoms with E-state index in [4.69, 9.17) is 0 Å². The lowest BCUT2D eigenvalue weighted by molar-refractivity contribution is 0.598. The molecule has 0 unspecified atom stereocenters. The van der Waals surface area contributed by atoms with Gasteiger partial charge in [0.15, 0.2) is 0 Å². The number of thioether (sulfide) groups is 1. The predicted octanol–water partition coefficient (Wildman–Crippen LogP) is 4.30. The Balaban J connectivity index is 0.00000200. The average molecular weight is 312 g/mol. The zero-order chi connectivity index (χ0) is 13.5. The summed E-state index contributed by atoms with van der Waals surface area (Å²) in [6, 6.07) is 15.4. The Morgan fingerprint density at radius 1 is 1.05 bits per heavy atom. The molecule has 0 bridgehead atoms. The number of hydrogen-bond donors (Lipinski definition) is 1. The van der Waals surface area contributed by atoms with E-state index >= 15 is 0 Å². The maximum atomic E-state index is 13.4. The molecule has 2 aromatic carbocycles. The molecule has 0 saturated heterocycles. The molecule has 0 aliphatic heterocycles. The first-order chi connectivity index (χ1) is 9.29. The van der Waals surface area contributed by atoms with Crippen LogP contribution in [0.25, 0.3) is 0 Å². The van der Waals surface area contributed by atoms with Crippen molar-refractivity contribution in [3.8, 4) is 0 Å². The van der Waals surface area contributed by atoms with E-state index in [0.29, 0.717) is 0 Å². The van der Waals surface area contributed by atoms with Crippen molar-refractivity contribution in [1.29, 1.82) is 0 Å². The fourth-order valence-electron chi connectivity index (χ4n) is 1.90. The van der Waals surface area contributed by atoms with Gasteiger partial charge in [0.05, 0.1) is 0 Å². The number of nitrogens with one attached hydrogen (secondary N) is 1. The average Bonchev–Trinajstić information content (AvgIpc) is 2.46. The Hall–Kier alpha value is -1.03. The third kappa shape index (κ3) is 5.16. The second kappa shape index (κ2) is 9.01. The first-order valence-corrected chi connectivity index (χ1v) is 7.59. The van der Waals surface area contributed by atoms with Crippen LogP contribution in [0.2, 0.25) is 0 Å². The van der Waals surface area contributed by atoms with Crippen LogP contribution in [0.5, 0.6) is 0 Å². The minimum atomic E-state index is -0.117. The summed E-state index contributed by atoms with van der Waals surface area (Å²) in [5, 5.41) is 3.34. The molecule has 0 aromatic heterocycles. The van der Waals surface area contributed by atoms with Crippen molar-refractivity contribution in [3.05, 3.63) is 65.5 Å². The topological polar surface area (TPSA) is 12.0 Å². The number of hydrogen-bond acceptors (Lipinski definition) is 2. The summed E-state index contributed by atoms with van der Waals surface area (Å²) in [4.78, 5) is 1.27. The molecule has 0 spiro atoms. The normalized spacial score (nSPS) is 10.1. The second-order valence-corrected chi connectivity index (χ2v) is 5.25. The van der Waals surface area contributed by atoms with Crippen LogP contribution in [0.3, 0.4) is 0 Å². The lowest BCUT2D eigenvalue weighted by Gasteiger charge is -2.06. The quantitative estimate of drug-likeness (QED) is 0.630. The minimum Gasteiger partial charge on any atom is -0.312 e. The molecular weight excluding hydrogens is 293 g/mol. The summed E-state index contributed by atoms with van der Waals surface area (Å²) in [5.74, 6) is -0.117. The van der Waals surface area contributed by atoms with Crippen LogP contribution in [0.15, 0.2) is 53.4 Å². The molecule has 0 saturated carbocycles. The Kier molecular flexibility index (Phi) is 7.67. The monoisotopic (exact) mass is 311 g/mol. The molecule has 1 nitrogen and oxygen atoms in total. The van der Waals surface area contributed by atoms with Gasteiger partial charge in [-0.25, -0.2) is 4.39 Å². The molecule has 0 aliphatic carbocycles. The molecule has 0 heterocycles. The maximum absolute atomic E-state index is 13.4. The van der Waals surface area contributed by atoms with Crippen LogP contribution < -0.4 is 5.32 Å². The van der Waals surface area contributed by atoms with Gasteiger partial charge in [-0.2, -0.15) is 0 Å². The highest BCUT2D eigenvalue weighted by molar-refractivity contribution is 7.98. The molecule has 4 heteroatoms. The van der Waals surface area contributed by atoms with Gasteiger partial charge in [-0.1, -0.05) is 30.3 Å². The van der Waals surface area contributed by atoms with Gasteiger partial charge >= 0.3 is 0 Å². The van der Waals surface area contributed by atoms with Crippen LogP contribution in [-0.2, 0) is 13.0 Å². The van der Waals surface area contributed by atoms with Crippen LogP contribution in [-0.4, -0.2) is 12.8 Å². The Bertz CT molecular complexity index is 516. The fourth-order valence-corrected chi connectivity index (χ4v) is 2.31. The van der Waals surface area contributed by atoms with E-state index in [-0.39, 0.29) is 18.2 Å². The summed E-state index contributed by atoms with van der Waals surface area (Å²) in [7, 11) is 0. The zero-order valence-corrected chi connectivity index (χ0v) is 13.1. The standard InChI is InChI=1S/C16H18FNS.ClH/c1-19-15-8-6-13(7-9-15)12-18-11-10-14-4-2-3-5-16(14)17;/h2-9,18H,10-12H2,1H3;1H. The molecule has 0 amide bonds. The maximum Gasteiger partial charge on any atom is 0.126 e. The summed E-state index contributed by atoms with van der Waals surface area (Å²) in [5.41, 5.74) is 2.03. The first-order valence-electron chi connectivity index (χ1n) is 6.36. The lowest BCUT2D eigenvalue weighted by Crippen LogP contribution is -2.17. The molecular formula is C16H19ClFNS. The van der Waals surface area contributed by atoms with E-state index in [1.807, 2.05) is 12.1 Å². The van der Waals surface area contributed by atoms with Gasteiger partial charge in [-0.05, 0) is 48.5 Å². The van der Waals surface area contributed by atoms with Gasteiger partial charge < -0.3 is 5.32 Å². The second-order valence-electron chi connectivity index (χ2n) is 4.37. The summed E-state index contributed by atoms with van der Waals surface area (Å²) >= 11 is 1.74. The van der Waals surface area contributed by atoms with E-state index in [2.05, 4.69) is 35.8 Å². The number of benzene rings is 2. The molecule has 0 aliphatic rings. The molecule has 2 aromatic rings. The molecule has 1 N–H and O–H groups in total. The van der Waals surface area contributed by atoms with E-state index in [9.17, 15) is 4.39 Å². The fraction of sp³-hybridized carbons (Fsp3) is 0.250. The van der Waals surface area contributed by atoms with Crippen LogP contribution >= 0.6 is 24.2 Å². The smallest absolute Gasteiger partial charge is 0.126 e. The molecule has 0 fully saturated rings. The Morgan fingerprint density at radius 3 is 2.40 bits per heavy atom. The van der Waals surface area contributed by atoms with Crippen molar-refractivity contribution >= 4 is 24.2 Å². The lowest BCUT2D eigenvalue weighted by atomic mass is 10.1. The van der Waals surface area contributed by atoms with Gasteiger partial charge in [0.1, 0.15) is 5.82 Å². The van der Waals surface area contributed by atoms with Gasteiger partial charge in [0.25, 0.3) is 0 Å². The molecule has 0 atom stereocenters. The third-order valence-corrected chi connectivity index (χ3v) is 3.76. The first kappa shape index (κ1) is 17.0. The van der Waals surface area contributed by atoms with Crippen molar-refractivity contribution in [3.63, 3.8) is 0 Å². The number of rotatable bonds is 6. The SMILES string of the molecule is CSc1ccc(CNCCc2ccccc2F)cc1.Cl. The highest BCUT2D eigenvalue weighted by atomic mass is 35.5. The van der Waals surface area contributed by atoms with E-state index < -0.39 is 0 Å². The summed E-state index contributed by atoms with van der Waals surface area (Å²) in [6.45, 7) is 1.61. The third-order valence-electron chi connectivity index (χ3n) is 3.02. The molecule has 2 rings (SSSR count). The van der Waals surface area contributed by atoms with Crippen molar-refractivity contribution in [2.24, 2.45) is 0 Å². The van der Waals surface area contributed by atoms with Crippen molar-refractivity contribution in [2.45, 2.75) is 17.9 Å². The van der Waals surface area contributed by atoms with E-state index in [0.717, 1.165) is 25.1 Å². The van der Waals surface area contributed by atoms with Crippen LogP contribution in [0, 0.1) is 5.82 Å². The van der Waals surface area contributed by atoms with Crippen molar-refractivity contribution in [1.82, 2.24) is 5.32 Å². The molecule has 20 heavy (non-hydrogen) atoms. The van der Waals surface area contributed by atoms with Gasteiger partial charge in [-0.3, -0.25) is 0 Å². The van der Waals surface area contributed by atoms with Crippen LogP contribution in [0.1, 0.15) is 11.1 Å². The minimum absolute atomic E-state index is 0. The highest BCUT2D eigenvalue weighted by Crippen LogP contribution is 2.14. The predicted molar refractivity (Wildman–Crippen MR) is 87.3 cm³/mol. The van der Waals surface area contributed by atoms with E-state index in [1.54, 1.807) is 17.8 Å². The van der Waals surface area contributed by atoms with Crippen molar-refractivity contribution < 1.29 is 4.39 Å². The van der Waals surface area contributed by atoms with Gasteiger partial charge in [0, 0.05) is 11.4 Å². The van der Waals surface area contributed by atoms with Crippen molar-refractivity contribution in [2.75, 3.05) is 12.8 Å². The number of halogens is 2. The largest absolute Gasteiger partial charge is 0.312 e. The zero-order valence-electron chi connectivity index (χ0n) is 11.4. The van der Waals surface area contributed by atoms with Gasteiger partial charge in [-0.15, -0.1) is 24.2 Å². The Morgan fingerprint density at radius 2 is 1.75 bits per heavy atom.